The number of benzene rings is 1. The number of carboxylic acids is 1. The number of carbonyl (C=O) groups is 1. The number of hydrogen-bond acceptors (Lipinski definition) is 5. The standard InChI is InChI=1S/C17H18N4O2S/c1-11-4-6-12(7-5-11)14-10-21-16(18-14)24-17(19-21)20-8-2-3-13(9-20)15(22)23/h4-7,10,13H,2-3,8-9H2,1H3,(H,22,23)/t13-/m0/s1. The van der Waals surface area contributed by atoms with Crippen molar-refractivity contribution in [3.05, 3.63) is 36.0 Å². The summed E-state index contributed by atoms with van der Waals surface area (Å²) >= 11 is 1.51. The lowest BCUT2D eigenvalue weighted by atomic mass is 9.99. The van der Waals surface area contributed by atoms with Gasteiger partial charge in [-0.15, -0.1) is 5.10 Å². The largest absolute Gasteiger partial charge is 0.481 e. The van der Waals surface area contributed by atoms with Crippen LogP contribution in [0.1, 0.15) is 18.4 Å². The fourth-order valence-corrected chi connectivity index (χ4v) is 3.95. The van der Waals surface area contributed by atoms with Gasteiger partial charge >= 0.3 is 5.97 Å². The minimum atomic E-state index is -0.720. The summed E-state index contributed by atoms with van der Waals surface area (Å²) in [7, 11) is 0. The van der Waals surface area contributed by atoms with Crippen LogP contribution in [0.3, 0.4) is 0 Å². The number of rotatable bonds is 3. The van der Waals surface area contributed by atoms with Crippen molar-refractivity contribution in [1.29, 1.82) is 0 Å². The predicted octanol–water partition coefficient (Wildman–Crippen LogP) is 3.07. The van der Waals surface area contributed by atoms with Gasteiger partial charge in [0, 0.05) is 18.7 Å². The predicted molar refractivity (Wildman–Crippen MR) is 93.6 cm³/mol. The molecule has 24 heavy (non-hydrogen) atoms. The second-order valence-electron chi connectivity index (χ2n) is 6.23. The molecular formula is C17H18N4O2S. The van der Waals surface area contributed by atoms with Crippen LogP contribution >= 0.6 is 11.3 Å². The van der Waals surface area contributed by atoms with Crippen molar-refractivity contribution in [1.82, 2.24) is 14.6 Å². The van der Waals surface area contributed by atoms with Gasteiger partial charge in [0.25, 0.3) is 0 Å². The topological polar surface area (TPSA) is 70.7 Å². The molecule has 0 aliphatic carbocycles. The zero-order valence-electron chi connectivity index (χ0n) is 13.3. The Morgan fingerprint density at radius 1 is 1.33 bits per heavy atom. The van der Waals surface area contributed by atoms with Gasteiger partial charge in [-0.05, 0) is 19.8 Å². The van der Waals surface area contributed by atoms with Gasteiger partial charge in [0.05, 0.1) is 17.8 Å². The SMILES string of the molecule is Cc1ccc(-c2cn3nc(N4CCC[C@H](C(=O)O)C4)sc3n2)cc1. The highest BCUT2D eigenvalue weighted by Crippen LogP contribution is 2.29. The molecule has 4 rings (SSSR count). The second-order valence-corrected chi connectivity index (χ2v) is 7.16. The van der Waals surface area contributed by atoms with E-state index in [-0.39, 0.29) is 5.92 Å². The average Bonchev–Trinajstić information content (AvgIpc) is 3.14. The Labute approximate surface area is 143 Å². The van der Waals surface area contributed by atoms with Gasteiger partial charge in [0.2, 0.25) is 10.1 Å². The second kappa shape index (κ2) is 5.90. The van der Waals surface area contributed by atoms with E-state index in [1.807, 2.05) is 6.20 Å². The number of fused-ring (bicyclic) bond motifs is 1. The number of carboxylic acid groups (broad SMARTS) is 1. The number of aryl methyl sites for hydroxylation is 1. The van der Waals surface area contributed by atoms with Crippen molar-refractivity contribution < 1.29 is 9.90 Å². The fourth-order valence-electron chi connectivity index (χ4n) is 3.03. The van der Waals surface area contributed by atoms with E-state index in [1.54, 1.807) is 4.52 Å². The summed E-state index contributed by atoms with van der Waals surface area (Å²) < 4.78 is 1.79. The Morgan fingerprint density at radius 2 is 2.12 bits per heavy atom. The fraction of sp³-hybridized carbons (Fsp3) is 0.353. The van der Waals surface area contributed by atoms with Gasteiger partial charge in [-0.2, -0.15) is 0 Å². The van der Waals surface area contributed by atoms with Crippen LogP contribution in [0.2, 0.25) is 0 Å². The van der Waals surface area contributed by atoms with Gasteiger partial charge < -0.3 is 10.0 Å². The molecule has 0 saturated carbocycles. The van der Waals surface area contributed by atoms with Crippen LogP contribution in [0.4, 0.5) is 5.13 Å². The summed E-state index contributed by atoms with van der Waals surface area (Å²) in [5.41, 5.74) is 3.20. The Balaban J connectivity index is 1.59. The molecule has 7 heteroatoms. The highest BCUT2D eigenvalue weighted by molar-refractivity contribution is 7.20. The van der Waals surface area contributed by atoms with Crippen LogP contribution in [0, 0.1) is 12.8 Å². The van der Waals surface area contributed by atoms with E-state index in [0.717, 1.165) is 40.7 Å². The van der Waals surface area contributed by atoms with Crippen LogP contribution in [0.5, 0.6) is 0 Å². The Bertz CT molecular complexity index is 852. The molecule has 2 aromatic heterocycles. The summed E-state index contributed by atoms with van der Waals surface area (Å²) in [6, 6.07) is 8.26. The van der Waals surface area contributed by atoms with Gasteiger partial charge in [-0.25, -0.2) is 9.50 Å². The number of nitrogens with zero attached hydrogens (tertiary/aromatic N) is 4. The molecule has 1 fully saturated rings. The quantitative estimate of drug-likeness (QED) is 0.792. The maximum atomic E-state index is 11.2. The molecule has 1 aliphatic rings. The molecule has 1 saturated heterocycles. The van der Waals surface area contributed by atoms with Crippen LogP contribution in [0.25, 0.3) is 16.2 Å². The van der Waals surface area contributed by atoms with Crippen molar-refractivity contribution in [3.63, 3.8) is 0 Å². The van der Waals surface area contributed by atoms with Gasteiger partial charge in [0.15, 0.2) is 0 Å². The maximum Gasteiger partial charge on any atom is 0.308 e. The number of imidazole rings is 1. The number of aromatic nitrogens is 3. The molecule has 3 heterocycles. The zero-order valence-corrected chi connectivity index (χ0v) is 14.2. The normalized spacial score (nSPS) is 18.2. The summed E-state index contributed by atoms with van der Waals surface area (Å²) in [5.74, 6) is -1.03. The van der Waals surface area contributed by atoms with Crippen molar-refractivity contribution in [2.45, 2.75) is 19.8 Å². The zero-order chi connectivity index (χ0) is 16.7. The summed E-state index contributed by atoms with van der Waals surface area (Å²) in [6.45, 7) is 3.44. The van der Waals surface area contributed by atoms with Gasteiger partial charge in [0.1, 0.15) is 0 Å². The number of aliphatic carboxylic acids is 1. The molecule has 0 amide bonds. The first kappa shape index (κ1) is 15.1. The van der Waals surface area contributed by atoms with E-state index in [4.69, 9.17) is 0 Å². The molecule has 1 aromatic carbocycles. The Kier molecular flexibility index (Phi) is 3.72. The van der Waals surface area contributed by atoms with E-state index in [2.05, 4.69) is 46.2 Å². The van der Waals surface area contributed by atoms with Gasteiger partial charge in [-0.3, -0.25) is 4.79 Å². The van der Waals surface area contributed by atoms with E-state index in [0.29, 0.717) is 6.54 Å². The molecule has 1 aliphatic heterocycles. The lowest BCUT2D eigenvalue weighted by molar-refractivity contribution is -0.141. The molecule has 0 spiro atoms. The maximum absolute atomic E-state index is 11.2. The number of piperidine rings is 1. The highest BCUT2D eigenvalue weighted by Gasteiger charge is 2.27. The van der Waals surface area contributed by atoms with E-state index in [9.17, 15) is 9.90 Å². The van der Waals surface area contributed by atoms with E-state index >= 15 is 0 Å². The Morgan fingerprint density at radius 3 is 2.83 bits per heavy atom. The molecule has 1 N–H and O–H groups in total. The van der Waals surface area contributed by atoms with Crippen LogP contribution < -0.4 is 4.90 Å². The third kappa shape index (κ3) is 2.75. The molecule has 0 bridgehead atoms. The van der Waals surface area contributed by atoms with Crippen molar-refractivity contribution in [3.8, 4) is 11.3 Å². The molecule has 6 nitrogen and oxygen atoms in total. The summed E-state index contributed by atoms with van der Waals surface area (Å²) in [4.78, 5) is 18.8. The third-order valence-electron chi connectivity index (χ3n) is 4.42. The molecule has 1 atom stereocenters. The summed E-state index contributed by atoms with van der Waals surface area (Å²) in [6.07, 6.45) is 3.55. The average molecular weight is 342 g/mol. The first-order chi connectivity index (χ1) is 11.6. The van der Waals surface area contributed by atoms with Crippen molar-refractivity contribution in [2.24, 2.45) is 5.92 Å². The minimum absolute atomic E-state index is 0.307. The first-order valence-corrected chi connectivity index (χ1v) is 8.83. The van der Waals surface area contributed by atoms with Crippen LogP contribution in [0.15, 0.2) is 30.5 Å². The van der Waals surface area contributed by atoms with Crippen LogP contribution in [-0.4, -0.2) is 38.8 Å². The lowest BCUT2D eigenvalue weighted by Gasteiger charge is -2.29. The molecule has 0 unspecified atom stereocenters. The molecular weight excluding hydrogens is 324 g/mol. The van der Waals surface area contributed by atoms with E-state index in [1.165, 1.54) is 16.9 Å². The molecule has 124 valence electrons. The van der Waals surface area contributed by atoms with Crippen molar-refractivity contribution in [2.75, 3.05) is 18.0 Å². The highest BCUT2D eigenvalue weighted by atomic mass is 32.1. The first-order valence-electron chi connectivity index (χ1n) is 8.01. The third-order valence-corrected chi connectivity index (χ3v) is 5.40. The van der Waals surface area contributed by atoms with Crippen LogP contribution in [-0.2, 0) is 4.79 Å². The van der Waals surface area contributed by atoms with E-state index < -0.39 is 5.97 Å². The molecule has 3 aromatic rings. The Hall–Kier alpha value is -2.41. The monoisotopic (exact) mass is 342 g/mol. The smallest absolute Gasteiger partial charge is 0.308 e. The van der Waals surface area contributed by atoms with Gasteiger partial charge in [-0.1, -0.05) is 41.2 Å². The number of hydrogen-bond donors (Lipinski definition) is 1. The lowest BCUT2D eigenvalue weighted by Crippen LogP contribution is -2.38. The van der Waals surface area contributed by atoms with Crippen molar-refractivity contribution >= 4 is 27.4 Å². The minimum Gasteiger partial charge on any atom is -0.481 e. The molecule has 0 radical (unpaired) electrons. The number of anilines is 1. The summed E-state index contributed by atoms with van der Waals surface area (Å²) in [5, 5.41) is 14.7.